The van der Waals surface area contributed by atoms with Crippen LogP contribution in [0.4, 0.5) is 0 Å². The maximum Gasteiger partial charge on any atom is 0.236 e. The highest BCUT2D eigenvalue weighted by Crippen LogP contribution is 2.29. The molecule has 0 spiro atoms. The molecule has 1 aliphatic rings. The third kappa shape index (κ3) is 3.45. The Kier molecular flexibility index (Phi) is 4.73. The normalized spacial score (nSPS) is 26.4. The van der Waals surface area contributed by atoms with Gasteiger partial charge >= 0.3 is 0 Å². The average Bonchev–Trinajstić information content (AvgIpc) is 2.28. The molecule has 2 unspecified atom stereocenters. The van der Waals surface area contributed by atoms with E-state index in [9.17, 15) is 13.2 Å². The van der Waals surface area contributed by atoms with Crippen molar-refractivity contribution < 1.29 is 13.2 Å². The van der Waals surface area contributed by atoms with Gasteiger partial charge in [-0.15, -0.1) is 0 Å². The first-order valence-electron chi connectivity index (χ1n) is 5.74. The molecule has 2 atom stereocenters. The lowest BCUT2D eigenvalue weighted by Gasteiger charge is -2.29. The molecule has 6 heteroatoms. The first-order chi connectivity index (χ1) is 7.50. The van der Waals surface area contributed by atoms with Gasteiger partial charge in [-0.25, -0.2) is 8.42 Å². The molecular formula is C10H20N2O3S. The minimum Gasteiger partial charge on any atom is -0.330 e. The molecule has 0 bridgehead atoms. The molecule has 94 valence electrons. The average molecular weight is 248 g/mol. The van der Waals surface area contributed by atoms with Gasteiger partial charge in [0, 0.05) is 5.92 Å². The van der Waals surface area contributed by atoms with Gasteiger partial charge in [-0.3, -0.25) is 9.52 Å². The summed E-state index contributed by atoms with van der Waals surface area (Å²) in [4.78, 5) is 11.8. The summed E-state index contributed by atoms with van der Waals surface area (Å²) in [6, 6.07) is 0. The van der Waals surface area contributed by atoms with E-state index in [0.29, 0.717) is 6.54 Å². The van der Waals surface area contributed by atoms with Crippen molar-refractivity contribution in [3.05, 3.63) is 0 Å². The lowest BCUT2D eigenvalue weighted by Crippen LogP contribution is -2.42. The molecular weight excluding hydrogens is 228 g/mol. The number of hydrogen-bond acceptors (Lipinski definition) is 4. The summed E-state index contributed by atoms with van der Waals surface area (Å²) >= 11 is 0. The molecule has 0 radical (unpaired) electrons. The number of rotatable bonds is 4. The maximum atomic E-state index is 11.8. The van der Waals surface area contributed by atoms with E-state index in [-0.39, 0.29) is 23.5 Å². The molecule has 0 aromatic carbocycles. The molecule has 1 fully saturated rings. The number of carbonyl (C=O) groups excluding carboxylic acids is 1. The lowest BCUT2D eigenvalue weighted by atomic mass is 9.79. The Morgan fingerprint density at radius 2 is 2.00 bits per heavy atom. The molecule has 1 saturated carbocycles. The molecule has 16 heavy (non-hydrogen) atoms. The minimum atomic E-state index is -3.44. The highest BCUT2D eigenvalue weighted by Gasteiger charge is 2.31. The van der Waals surface area contributed by atoms with E-state index in [0.717, 1.165) is 25.7 Å². The van der Waals surface area contributed by atoms with Crippen LogP contribution >= 0.6 is 0 Å². The zero-order valence-electron chi connectivity index (χ0n) is 9.61. The largest absolute Gasteiger partial charge is 0.330 e. The molecule has 5 nitrogen and oxygen atoms in total. The summed E-state index contributed by atoms with van der Waals surface area (Å²) < 4.78 is 24.7. The SMILES string of the molecule is CCS(=O)(=O)NC(=O)C1CCCCC1CN. The number of sulfonamides is 1. The summed E-state index contributed by atoms with van der Waals surface area (Å²) in [6.07, 6.45) is 3.71. The molecule has 3 N–H and O–H groups in total. The van der Waals surface area contributed by atoms with Crippen LogP contribution in [0.15, 0.2) is 0 Å². The van der Waals surface area contributed by atoms with Gasteiger partial charge in [0.2, 0.25) is 15.9 Å². The van der Waals surface area contributed by atoms with Crippen LogP contribution in [0.1, 0.15) is 32.6 Å². The van der Waals surface area contributed by atoms with Crippen molar-refractivity contribution in [1.82, 2.24) is 4.72 Å². The van der Waals surface area contributed by atoms with E-state index in [1.165, 1.54) is 6.92 Å². The quantitative estimate of drug-likeness (QED) is 0.744. The highest BCUT2D eigenvalue weighted by atomic mass is 32.2. The van der Waals surface area contributed by atoms with E-state index in [2.05, 4.69) is 4.72 Å². The second-order valence-electron chi connectivity index (χ2n) is 4.26. The first-order valence-corrected chi connectivity index (χ1v) is 7.39. The Hall–Kier alpha value is -0.620. The predicted molar refractivity (Wildman–Crippen MR) is 62.1 cm³/mol. The van der Waals surface area contributed by atoms with Crippen molar-refractivity contribution in [2.24, 2.45) is 17.6 Å². The summed E-state index contributed by atoms with van der Waals surface area (Å²) in [5, 5.41) is 0. The Morgan fingerprint density at radius 3 is 2.56 bits per heavy atom. The Balaban J connectivity index is 2.65. The van der Waals surface area contributed by atoms with Gasteiger partial charge in [0.25, 0.3) is 0 Å². The predicted octanol–water partition coefficient (Wildman–Crippen LogP) is 0.217. The smallest absolute Gasteiger partial charge is 0.236 e. The fourth-order valence-corrected chi connectivity index (χ4v) is 2.74. The summed E-state index contributed by atoms with van der Waals surface area (Å²) in [5.41, 5.74) is 5.60. The van der Waals surface area contributed by atoms with Crippen molar-refractivity contribution in [3.8, 4) is 0 Å². The highest BCUT2D eigenvalue weighted by molar-refractivity contribution is 7.90. The number of nitrogens with two attached hydrogens (primary N) is 1. The van der Waals surface area contributed by atoms with Gasteiger partial charge in [0.1, 0.15) is 0 Å². The molecule has 0 aromatic rings. The molecule has 0 saturated heterocycles. The zero-order valence-corrected chi connectivity index (χ0v) is 10.4. The zero-order chi connectivity index (χ0) is 12.2. The van der Waals surface area contributed by atoms with Crippen molar-refractivity contribution in [1.29, 1.82) is 0 Å². The third-order valence-electron chi connectivity index (χ3n) is 3.18. The third-order valence-corrected chi connectivity index (χ3v) is 4.46. The maximum absolute atomic E-state index is 11.8. The van der Waals surface area contributed by atoms with Crippen LogP contribution in [0.25, 0.3) is 0 Å². The topological polar surface area (TPSA) is 89.3 Å². The van der Waals surface area contributed by atoms with Crippen LogP contribution in [0.2, 0.25) is 0 Å². The Labute approximate surface area is 96.8 Å². The fraction of sp³-hybridized carbons (Fsp3) is 0.900. The standard InChI is InChI=1S/C10H20N2O3S/c1-2-16(14,15)12-10(13)9-6-4-3-5-8(9)7-11/h8-9H,2-7,11H2,1H3,(H,12,13). The number of amides is 1. The van der Waals surface area contributed by atoms with Crippen LogP contribution in [0.3, 0.4) is 0 Å². The first kappa shape index (κ1) is 13.4. The van der Waals surface area contributed by atoms with Gasteiger partial charge in [0.15, 0.2) is 0 Å². The number of hydrogen-bond donors (Lipinski definition) is 2. The van der Waals surface area contributed by atoms with Gasteiger partial charge < -0.3 is 5.73 Å². The summed E-state index contributed by atoms with van der Waals surface area (Å²) in [6.45, 7) is 1.96. The van der Waals surface area contributed by atoms with Crippen LogP contribution in [-0.4, -0.2) is 26.6 Å². The van der Waals surface area contributed by atoms with Crippen molar-refractivity contribution in [2.45, 2.75) is 32.6 Å². The summed E-state index contributed by atoms with van der Waals surface area (Å²) in [5.74, 6) is -0.559. The van der Waals surface area contributed by atoms with Crippen LogP contribution in [0.5, 0.6) is 0 Å². The van der Waals surface area contributed by atoms with E-state index in [1.54, 1.807) is 0 Å². The Morgan fingerprint density at radius 1 is 1.38 bits per heavy atom. The van der Waals surface area contributed by atoms with E-state index in [1.807, 2.05) is 0 Å². The van der Waals surface area contributed by atoms with E-state index < -0.39 is 10.0 Å². The minimum absolute atomic E-state index is 0.0707. The molecule has 0 heterocycles. The summed E-state index contributed by atoms with van der Waals surface area (Å²) in [7, 11) is -3.44. The van der Waals surface area contributed by atoms with Gasteiger partial charge in [-0.2, -0.15) is 0 Å². The fourth-order valence-electron chi connectivity index (χ4n) is 2.14. The van der Waals surface area contributed by atoms with E-state index in [4.69, 9.17) is 5.73 Å². The van der Waals surface area contributed by atoms with Gasteiger partial charge in [-0.05, 0) is 32.2 Å². The number of nitrogens with one attached hydrogen (secondary N) is 1. The monoisotopic (exact) mass is 248 g/mol. The molecule has 0 aliphatic heterocycles. The van der Waals surface area contributed by atoms with Gasteiger partial charge in [-0.1, -0.05) is 12.8 Å². The molecule has 1 amide bonds. The lowest BCUT2D eigenvalue weighted by molar-refractivity contribution is -0.125. The Bertz CT molecular complexity index is 340. The molecule has 1 rings (SSSR count). The van der Waals surface area contributed by atoms with E-state index >= 15 is 0 Å². The van der Waals surface area contributed by atoms with Crippen molar-refractivity contribution in [3.63, 3.8) is 0 Å². The van der Waals surface area contributed by atoms with Crippen LogP contribution < -0.4 is 10.5 Å². The second-order valence-corrected chi connectivity index (χ2v) is 6.27. The van der Waals surface area contributed by atoms with Crippen LogP contribution in [-0.2, 0) is 14.8 Å². The van der Waals surface area contributed by atoms with Crippen molar-refractivity contribution in [2.75, 3.05) is 12.3 Å². The van der Waals surface area contributed by atoms with Crippen molar-refractivity contribution >= 4 is 15.9 Å². The molecule has 0 aromatic heterocycles. The number of carbonyl (C=O) groups is 1. The van der Waals surface area contributed by atoms with Crippen LogP contribution in [0, 0.1) is 11.8 Å². The molecule has 1 aliphatic carbocycles. The second kappa shape index (κ2) is 5.63. The van der Waals surface area contributed by atoms with Gasteiger partial charge in [0.05, 0.1) is 5.75 Å².